The van der Waals surface area contributed by atoms with E-state index in [0.717, 1.165) is 21.9 Å². The summed E-state index contributed by atoms with van der Waals surface area (Å²) in [5.74, 6) is 0.195. The topological polar surface area (TPSA) is 61.8 Å². The molecule has 0 spiro atoms. The number of phenols is 1. The lowest BCUT2D eigenvalue weighted by atomic mass is 10.1. The van der Waals surface area contributed by atoms with Crippen LogP contribution in [0, 0.1) is 0 Å². The number of aromatic amines is 1. The van der Waals surface area contributed by atoms with E-state index >= 15 is 0 Å². The van der Waals surface area contributed by atoms with Crippen molar-refractivity contribution < 1.29 is 5.11 Å². The molecule has 0 unspecified atom stereocenters. The molecule has 1 aromatic carbocycles. The van der Waals surface area contributed by atoms with E-state index < -0.39 is 0 Å². The second-order valence-electron chi connectivity index (χ2n) is 3.82. The van der Waals surface area contributed by atoms with Gasteiger partial charge in [0.05, 0.1) is 16.8 Å². The third-order valence-electron chi connectivity index (χ3n) is 2.73. The average molecular weight is 257 g/mol. The number of H-pyrrole nitrogens is 1. The van der Waals surface area contributed by atoms with Crippen LogP contribution >= 0.6 is 11.8 Å². The largest absolute Gasteiger partial charge is 0.507 e. The van der Waals surface area contributed by atoms with E-state index in [1.807, 2.05) is 30.5 Å². The van der Waals surface area contributed by atoms with Crippen LogP contribution in [0.15, 0.2) is 41.7 Å². The summed E-state index contributed by atoms with van der Waals surface area (Å²) in [5, 5.41) is 10.9. The van der Waals surface area contributed by atoms with E-state index in [4.69, 9.17) is 0 Å². The van der Waals surface area contributed by atoms with Gasteiger partial charge in [0.2, 0.25) is 0 Å². The first-order valence-electron chi connectivity index (χ1n) is 5.46. The number of phenolic OH excluding ortho intramolecular Hbond substituents is 1. The maximum absolute atomic E-state index is 10.0. The van der Waals surface area contributed by atoms with E-state index in [1.54, 1.807) is 12.3 Å². The molecule has 0 radical (unpaired) electrons. The number of rotatable bonds is 2. The molecule has 3 aromatic rings. The Bertz CT molecular complexity index is 694. The molecule has 90 valence electrons. The van der Waals surface area contributed by atoms with Gasteiger partial charge in [-0.3, -0.25) is 4.98 Å². The highest BCUT2D eigenvalue weighted by Crippen LogP contribution is 2.34. The Balaban J connectivity index is 2.33. The van der Waals surface area contributed by atoms with Crippen LogP contribution < -0.4 is 0 Å². The van der Waals surface area contributed by atoms with Crippen molar-refractivity contribution in [3.05, 3.63) is 36.5 Å². The number of fused-ring (bicyclic) bond motifs is 1. The Morgan fingerprint density at radius 1 is 1.22 bits per heavy atom. The highest BCUT2D eigenvalue weighted by molar-refractivity contribution is 7.98. The summed E-state index contributed by atoms with van der Waals surface area (Å²) in [5.41, 5.74) is 3.04. The van der Waals surface area contributed by atoms with Crippen LogP contribution in [0.2, 0.25) is 0 Å². The number of thioether (sulfide) groups is 1. The zero-order valence-corrected chi connectivity index (χ0v) is 10.5. The minimum absolute atomic E-state index is 0.195. The molecule has 0 saturated carbocycles. The predicted octanol–water partition coefficient (Wildman–Crippen LogP) is 3.05. The number of nitrogens with one attached hydrogen (secondary N) is 1. The van der Waals surface area contributed by atoms with E-state index in [2.05, 4.69) is 15.0 Å². The first-order chi connectivity index (χ1) is 8.79. The third kappa shape index (κ3) is 1.73. The Morgan fingerprint density at radius 3 is 2.83 bits per heavy atom. The smallest absolute Gasteiger partial charge is 0.166 e. The minimum Gasteiger partial charge on any atom is -0.507 e. The third-order valence-corrected chi connectivity index (χ3v) is 3.31. The van der Waals surface area contributed by atoms with Crippen LogP contribution in [0.3, 0.4) is 0 Å². The van der Waals surface area contributed by atoms with Crippen molar-refractivity contribution in [2.24, 2.45) is 0 Å². The quantitative estimate of drug-likeness (QED) is 0.693. The maximum atomic E-state index is 10.0. The Labute approximate surface area is 108 Å². The van der Waals surface area contributed by atoms with Crippen LogP contribution in [-0.2, 0) is 0 Å². The number of hydrogen-bond acceptors (Lipinski definition) is 4. The summed E-state index contributed by atoms with van der Waals surface area (Å²) in [6, 6.07) is 9.09. The molecule has 0 bridgehead atoms. The molecular weight excluding hydrogens is 246 g/mol. The Morgan fingerprint density at radius 2 is 2.11 bits per heavy atom. The van der Waals surface area contributed by atoms with Gasteiger partial charge in [-0.25, -0.2) is 4.98 Å². The first-order valence-corrected chi connectivity index (χ1v) is 6.69. The highest BCUT2D eigenvalue weighted by Gasteiger charge is 2.14. The second kappa shape index (κ2) is 4.34. The van der Waals surface area contributed by atoms with Crippen LogP contribution in [0.25, 0.3) is 22.3 Å². The summed E-state index contributed by atoms with van der Waals surface area (Å²) >= 11 is 1.54. The summed E-state index contributed by atoms with van der Waals surface area (Å²) in [7, 11) is 0. The molecule has 0 fully saturated rings. The molecule has 4 nitrogen and oxygen atoms in total. The summed E-state index contributed by atoms with van der Waals surface area (Å²) in [6.07, 6.45) is 3.66. The van der Waals surface area contributed by atoms with Crippen molar-refractivity contribution in [3.8, 4) is 17.0 Å². The van der Waals surface area contributed by atoms with Gasteiger partial charge in [0.25, 0.3) is 0 Å². The fourth-order valence-electron chi connectivity index (χ4n) is 1.90. The van der Waals surface area contributed by atoms with Gasteiger partial charge in [0.1, 0.15) is 11.3 Å². The van der Waals surface area contributed by atoms with Crippen LogP contribution in [0.1, 0.15) is 0 Å². The van der Waals surface area contributed by atoms with Crippen molar-refractivity contribution in [3.63, 3.8) is 0 Å². The van der Waals surface area contributed by atoms with Gasteiger partial charge in [0.15, 0.2) is 5.16 Å². The van der Waals surface area contributed by atoms with Gasteiger partial charge in [-0.05, 0) is 30.5 Å². The maximum Gasteiger partial charge on any atom is 0.166 e. The molecule has 3 rings (SSSR count). The van der Waals surface area contributed by atoms with Crippen LogP contribution in [-0.4, -0.2) is 26.3 Å². The van der Waals surface area contributed by atoms with Gasteiger partial charge in [-0.2, -0.15) is 0 Å². The summed E-state index contributed by atoms with van der Waals surface area (Å²) in [6.45, 7) is 0. The minimum atomic E-state index is 0.195. The van der Waals surface area contributed by atoms with Crippen LogP contribution in [0.5, 0.6) is 5.75 Å². The number of hydrogen-bond donors (Lipinski definition) is 2. The molecular formula is C13H11N3OS. The normalized spacial score (nSPS) is 10.9. The molecule has 5 heteroatoms. The molecule has 0 saturated heterocycles. The summed E-state index contributed by atoms with van der Waals surface area (Å²) in [4.78, 5) is 11.9. The Hall–Kier alpha value is -2.01. The van der Waals surface area contributed by atoms with Gasteiger partial charge >= 0.3 is 0 Å². The van der Waals surface area contributed by atoms with Gasteiger partial charge in [-0.1, -0.05) is 17.8 Å². The monoisotopic (exact) mass is 257 g/mol. The molecule has 0 amide bonds. The molecule has 2 aromatic heterocycles. The molecule has 2 heterocycles. The molecule has 0 aliphatic heterocycles. The number of imidazole rings is 1. The molecule has 0 aliphatic rings. The van der Waals surface area contributed by atoms with Crippen LogP contribution in [0.4, 0.5) is 0 Å². The zero-order valence-electron chi connectivity index (χ0n) is 9.71. The predicted molar refractivity (Wildman–Crippen MR) is 72.8 cm³/mol. The number of pyridine rings is 1. The molecule has 18 heavy (non-hydrogen) atoms. The molecule has 0 aliphatic carbocycles. The number of benzene rings is 1. The fraction of sp³-hybridized carbons (Fsp3) is 0.0769. The zero-order chi connectivity index (χ0) is 12.5. The van der Waals surface area contributed by atoms with Crippen molar-refractivity contribution in [2.45, 2.75) is 5.16 Å². The number of aromatic nitrogens is 3. The van der Waals surface area contributed by atoms with Gasteiger partial charge in [0, 0.05) is 6.20 Å². The highest BCUT2D eigenvalue weighted by atomic mass is 32.2. The summed E-state index contributed by atoms with van der Waals surface area (Å²) < 4.78 is 0. The first kappa shape index (κ1) is 11.1. The van der Waals surface area contributed by atoms with Crippen molar-refractivity contribution in [1.82, 2.24) is 15.0 Å². The standard InChI is InChI=1S/C13H11N3OS/c1-18-13-15-9-5-6-10(17)11(12(9)16-13)8-4-2-3-7-14-8/h2-7,17H,1H3,(H,15,16). The van der Waals surface area contributed by atoms with E-state index in [9.17, 15) is 5.11 Å². The molecule has 0 atom stereocenters. The average Bonchev–Trinajstić information content (AvgIpc) is 2.82. The van der Waals surface area contributed by atoms with E-state index in [1.165, 1.54) is 11.8 Å². The lowest BCUT2D eigenvalue weighted by Crippen LogP contribution is -1.85. The van der Waals surface area contributed by atoms with Gasteiger partial charge in [-0.15, -0.1) is 0 Å². The van der Waals surface area contributed by atoms with Crippen molar-refractivity contribution >= 4 is 22.8 Å². The van der Waals surface area contributed by atoms with Gasteiger partial charge < -0.3 is 10.1 Å². The fourth-order valence-corrected chi connectivity index (χ4v) is 2.30. The van der Waals surface area contributed by atoms with Crippen molar-refractivity contribution in [2.75, 3.05) is 6.26 Å². The SMILES string of the molecule is CSc1nc2c(-c3ccccn3)c(O)ccc2[nH]1. The van der Waals surface area contributed by atoms with E-state index in [-0.39, 0.29) is 5.75 Å². The molecule has 2 N–H and O–H groups in total. The number of aromatic hydroxyl groups is 1. The lowest BCUT2D eigenvalue weighted by molar-refractivity contribution is 0.478. The second-order valence-corrected chi connectivity index (χ2v) is 4.61. The Kier molecular flexibility index (Phi) is 2.68. The van der Waals surface area contributed by atoms with E-state index in [0.29, 0.717) is 5.56 Å². The number of nitrogens with zero attached hydrogens (tertiary/aromatic N) is 2. The lowest BCUT2D eigenvalue weighted by Gasteiger charge is -2.04. The van der Waals surface area contributed by atoms with Crippen molar-refractivity contribution in [1.29, 1.82) is 0 Å².